The molecule has 2 nitrogen and oxygen atoms in total. The first-order valence-corrected chi connectivity index (χ1v) is 4.46. The van der Waals surface area contributed by atoms with E-state index in [0.29, 0.717) is 13.0 Å². The van der Waals surface area contributed by atoms with E-state index in [1.165, 1.54) is 0 Å². The molecule has 1 heterocycles. The number of hydrogen-bond acceptors (Lipinski definition) is 2. The molecule has 0 spiro atoms. The Morgan fingerprint density at radius 3 is 2.85 bits per heavy atom. The van der Waals surface area contributed by atoms with Crippen molar-refractivity contribution in [1.29, 1.82) is 0 Å². The number of carbonyl (C=O) groups excluding carboxylic acids is 1. The van der Waals surface area contributed by atoms with Crippen molar-refractivity contribution in [2.45, 2.75) is 20.3 Å². The van der Waals surface area contributed by atoms with Crippen molar-refractivity contribution >= 4 is 5.78 Å². The lowest BCUT2D eigenvalue weighted by atomic mass is 9.98. The van der Waals surface area contributed by atoms with Crippen molar-refractivity contribution in [3.8, 4) is 5.75 Å². The van der Waals surface area contributed by atoms with Crippen molar-refractivity contribution in [2.24, 2.45) is 0 Å². The summed E-state index contributed by atoms with van der Waals surface area (Å²) in [7, 11) is 0. The van der Waals surface area contributed by atoms with E-state index < -0.39 is 0 Å². The van der Waals surface area contributed by atoms with Crippen LogP contribution in [0.4, 0.5) is 0 Å². The second-order valence-electron chi connectivity index (χ2n) is 3.48. The first kappa shape index (κ1) is 8.30. The molecule has 0 N–H and O–H groups in total. The molecule has 0 saturated heterocycles. The van der Waals surface area contributed by atoms with Crippen LogP contribution in [0.3, 0.4) is 0 Å². The normalized spacial score (nSPS) is 15.1. The number of rotatable bonds is 0. The molecule has 0 radical (unpaired) electrons. The Kier molecular flexibility index (Phi) is 1.83. The molecule has 68 valence electrons. The molecular weight excluding hydrogens is 164 g/mol. The van der Waals surface area contributed by atoms with Gasteiger partial charge in [-0.3, -0.25) is 4.79 Å². The number of fused-ring (bicyclic) bond motifs is 1. The van der Waals surface area contributed by atoms with E-state index in [-0.39, 0.29) is 5.78 Å². The Balaban J connectivity index is 2.63. The van der Waals surface area contributed by atoms with Crippen LogP contribution in [0.1, 0.15) is 27.9 Å². The van der Waals surface area contributed by atoms with Crippen LogP contribution in [0.5, 0.6) is 5.75 Å². The molecule has 0 amide bonds. The molecule has 0 saturated carbocycles. The molecule has 0 atom stereocenters. The van der Waals surface area contributed by atoms with Gasteiger partial charge in [0.25, 0.3) is 0 Å². The van der Waals surface area contributed by atoms with Crippen molar-refractivity contribution in [2.75, 3.05) is 6.61 Å². The maximum atomic E-state index is 11.5. The lowest BCUT2D eigenvalue weighted by Crippen LogP contribution is -2.16. The van der Waals surface area contributed by atoms with Gasteiger partial charge in [0.2, 0.25) is 0 Å². The SMILES string of the molecule is Cc1cc(C)c2c(c1)OCCC2=O. The van der Waals surface area contributed by atoms with Gasteiger partial charge in [-0.05, 0) is 31.0 Å². The number of aryl methyl sites for hydroxylation is 2. The van der Waals surface area contributed by atoms with Crippen LogP contribution in [0.15, 0.2) is 12.1 Å². The van der Waals surface area contributed by atoms with Crippen molar-refractivity contribution < 1.29 is 9.53 Å². The third-order valence-electron chi connectivity index (χ3n) is 2.31. The molecule has 13 heavy (non-hydrogen) atoms. The summed E-state index contributed by atoms with van der Waals surface area (Å²) >= 11 is 0. The van der Waals surface area contributed by atoms with Gasteiger partial charge in [0.1, 0.15) is 5.75 Å². The molecule has 1 aliphatic heterocycles. The minimum absolute atomic E-state index is 0.207. The molecular formula is C11H12O2. The molecule has 0 aromatic heterocycles. The summed E-state index contributed by atoms with van der Waals surface area (Å²) in [5.41, 5.74) is 2.95. The Morgan fingerprint density at radius 2 is 2.08 bits per heavy atom. The van der Waals surface area contributed by atoms with Crippen LogP contribution in [-0.4, -0.2) is 12.4 Å². The monoisotopic (exact) mass is 176 g/mol. The Labute approximate surface area is 77.5 Å². The lowest BCUT2D eigenvalue weighted by Gasteiger charge is -2.18. The highest BCUT2D eigenvalue weighted by atomic mass is 16.5. The second-order valence-corrected chi connectivity index (χ2v) is 3.48. The Bertz CT molecular complexity index is 367. The minimum atomic E-state index is 0.207. The third kappa shape index (κ3) is 1.32. The quantitative estimate of drug-likeness (QED) is 0.606. The smallest absolute Gasteiger partial charge is 0.170 e. The number of hydrogen-bond donors (Lipinski definition) is 0. The van der Waals surface area contributed by atoms with Gasteiger partial charge in [-0.25, -0.2) is 0 Å². The Hall–Kier alpha value is -1.31. The zero-order valence-electron chi connectivity index (χ0n) is 7.89. The van der Waals surface area contributed by atoms with E-state index in [4.69, 9.17) is 4.74 Å². The summed E-state index contributed by atoms with van der Waals surface area (Å²) in [6.07, 6.45) is 0.511. The van der Waals surface area contributed by atoms with E-state index >= 15 is 0 Å². The fourth-order valence-electron chi connectivity index (χ4n) is 1.78. The summed E-state index contributed by atoms with van der Waals surface area (Å²) in [5.74, 6) is 0.965. The highest BCUT2D eigenvalue weighted by Crippen LogP contribution is 2.28. The van der Waals surface area contributed by atoms with Crippen LogP contribution in [0, 0.1) is 13.8 Å². The highest BCUT2D eigenvalue weighted by Gasteiger charge is 2.20. The van der Waals surface area contributed by atoms with Gasteiger partial charge < -0.3 is 4.74 Å². The summed E-state index contributed by atoms with van der Waals surface area (Å²) in [4.78, 5) is 11.5. The van der Waals surface area contributed by atoms with Gasteiger partial charge in [0.05, 0.1) is 12.2 Å². The van der Waals surface area contributed by atoms with E-state index in [1.807, 2.05) is 26.0 Å². The van der Waals surface area contributed by atoms with Gasteiger partial charge in [0.15, 0.2) is 5.78 Å². The van der Waals surface area contributed by atoms with Gasteiger partial charge >= 0.3 is 0 Å². The molecule has 2 heteroatoms. The molecule has 1 aromatic rings. The molecule has 0 unspecified atom stereocenters. The first-order valence-electron chi connectivity index (χ1n) is 4.46. The molecule has 0 bridgehead atoms. The maximum Gasteiger partial charge on any atom is 0.170 e. The van der Waals surface area contributed by atoms with E-state index in [0.717, 1.165) is 22.4 Å². The fourth-order valence-corrected chi connectivity index (χ4v) is 1.78. The summed E-state index contributed by atoms with van der Waals surface area (Å²) in [5, 5.41) is 0. The molecule has 0 aliphatic carbocycles. The van der Waals surface area contributed by atoms with Crippen molar-refractivity contribution in [3.05, 3.63) is 28.8 Å². The number of benzene rings is 1. The average molecular weight is 176 g/mol. The average Bonchev–Trinajstić information content (AvgIpc) is 2.02. The summed E-state index contributed by atoms with van der Waals surface area (Å²) < 4.78 is 5.43. The largest absolute Gasteiger partial charge is 0.492 e. The molecule has 1 aliphatic rings. The third-order valence-corrected chi connectivity index (χ3v) is 2.31. The van der Waals surface area contributed by atoms with Gasteiger partial charge in [-0.1, -0.05) is 6.07 Å². The summed E-state index contributed by atoms with van der Waals surface area (Å²) in [6, 6.07) is 3.95. The summed E-state index contributed by atoms with van der Waals surface area (Å²) in [6.45, 7) is 4.49. The fraction of sp³-hybridized carbons (Fsp3) is 0.364. The van der Waals surface area contributed by atoms with Gasteiger partial charge in [0, 0.05) is 6.42 Å². The minimum Gasteiger partial charge on any atom is -0.492 e. The molecule has 2 rings (SSSR count). The first-order chi connectivity index (χ1) is 6.18. The number of ether oxygens (including phenoxy) is 1. The van der Waals surface area contributed by atoms with Gasteiger partial charge in [-0.15, -0.1) is 0 Å². The van der Waals surface area contributed by atoms with Gasteiger partial charge in [-0.2, -0.15) is 0 Å². The number of Topliss-reactive ketones (excluding diaryl/α,β-unsaturated/α-hetero) is 1. The lowest BCUT2D eigenvalue weighted by molar-refractivity contribution is 0.0932. The maximum absolute atomic E-state index is 11.5. The predicted molar refractivity (Wildman–Crippen MR) is 50.4 cm³/mol. The number of carbonyl (C=O) groups is 1. The molecule has 1 aromatic carbocycles. The van der Waals surface area contributed by atoms with Crippen molar-refractivity contribution in [3.63, 3.8) is 0 Å². The standard InChI is InChI=1S/C11H12O2/c1-7-5-8(2)11-9(12)3-4-13-10(11)6-7/h5-6H,3-4H2,1-2H3. The van der Waals surface area contributed by atoms with E-state index in [2.05, 4.69) is 0 Å². The predicted octanol–water partition coefficient (Wildman–Crippen LogP) is 2.27. The zero-order chi connectivity index (χ0) is 9.42. The highest BCUT2D eigenvalue weighted by molar-refractivity contribution is 6.01. The van der Waals surface area contributed by atoms with Crippen LogP contribution in [0.2, 0.25) is 0 Å². The van der Waals surface area contributed by atoms with Crippen LogP contribution < -0.4 is 4.74 Å². The van der Waals surface area contributed by atoms with Crippen LogP contribution in [-0.2, 0) is 0 Å². The molecule has 0 fully saturated rings. The van der Waals surface area contributed by atoms with Crippen molar-refractivity contribution in [1.82, 2.24) is 0 Å². The number of ketones is 1. The van der Waals surface area contributed by atoms with E-state index in [1.54, 1.807) is 0 Å². The van der Waals surface area contributed by atoms with Crippen LogP contribution in [0.25, 0.3) is 0 Å². The zero-order valence-corrected chi connectivity index (χ0v) is 7.89. The topological polar surface area (TPSA) is 26.3 Å². The van der Waals surface area contributed by atoms with Crippen LogP contribution >= 0.6 is 0 Å². The Morgan fingerprint density at radius 1 is 1.31 bits per heavy atom. The van der Waals surface area contributed by atoms with E-state index in [9.17, 15) is 4.79 Å². The second kappa shape index (κ2) is 2.87.